The van der Waals surface area contributed by atoms with E-state index in [0.29, 0.717) is 5.76 Å². The Morgan fingerprint density at radius 3 is 2.79 bits per heavy atom. The quantitative estimate of drug-likeness (QED) is 0.716. The highest BCUT2D eigenvalue weighted by Crippen LogP contribution is 2.15. The summed E-state index contributed by atoms with van der Waals surface area (Å²) in [6.07, 6.45) is 0.0669. The summed E-state index contributed by atoms with van der Waals surface area (Å²) in [5.74, 6) is 0.114. The smallest absolute Gasteiger partial charge is 0.276 e. The lowest BCUT2D eigenvalue weighted by Crippen LogP contribution is -2.42. The molecule has 106 valence electrons. The number of aliphatic hydroxyl groups is 1. The van der Waals surface area contributed by atoms with Crippen molar-refractivity contribution in [2.45, 2.75) is 19.1 Å². The zero-order chi connectivity index (χ0) is 14.2. The first-order valence-electron chi connectivity index (χ1n) is 5.64. The van der Waals surface area contributed by atoms with Crippen LogP contribution in [-0.4, -0.2) is 61.0 Å². The zero-order valence-corrected chi connectivity index (χ0v) is 11.3. The summed E-state index contributed by atoms with van der Waals surface area (Å²) in [7, 11) is -3.43. The Morgan fingerprint density at radius 1 is 1.58 bits per heavy atom. The maximum Gasteiger partial charge on any atom is 0.276 e. The number of carbonyl (C=O) groups excluding carboxylic acids is 1. The maximum absolute atomic E-state index is 12.0. The summed E-state index contributed by atoms with van der Waals surface area (Å²) in [6.45, 7) is 1.81. The molecule has 1 aliphatic heterocycles. The van der Waals surface area contributed by atoms with E-state index in [1.54, 1.807) is 6.92 Å². The van der Waals surface area contributed by atoms with E-state index in [4.69, 9.17) is 4.52 Å². The number of sulfonamides is 1. The first-order valence-corrected chi connectivity index (χ1v) is 7.53. The second-order valence-corrected chi connectivity index (χ2v) is 6.38. The molecule has 8 nitrogen and oxygen atoms in total. The van der Waals surface area contributed by atoms with Crippen molar-refractivity contribution in [1.29, 1.82) is 0 Å². The summed E-state index contributed by atoms with van der Waals surface area (Å²) in [5, 5.41) is 13.4. The Labute approximate surface area is 110 Å². The third-order valence-corrected chi connectivity index (χ3v) is 3.52. The summed E-state index contributed by atoms with van der Waals surface area (Å²) in [4.78, 5) is 13.4. The third-order valence-electron chi connectivity index (χ3n) is 2.79. The summed E-state index contributed by atoms with van der Waals surface area (Å²) >= 11 is 0. The predicted molar refractivity (Wildman–Crippen MR) is 64.9 cm³/mol. The van der Waals surface area contributed by atoms with Crippen molar-refractivity contribution in [3.63, 3.8) is 0 Å². The number of carbonyl (C=O) groups is 1. The third kappa shape index (κ3) is 3.31. The zero-order valence-electron chi connectivity index (χ0n) is 10.5. The fourth-order valence-corrected chi connectivity index (χ4v) is 2.75. The van der Waals surface area contributed by atoms with Crippen LogP contribution in [-0.2, 0) is 10.0 Å². The number of nitrogens with one attached hydrogen (secondary N) is 1. The predicted octanol–water partition coefficient (Wildman–Crippen LogP) is -1.28. The number of nitrogens with zero attached hydrogens (tertiary/aromatic N) is 2. The molecule has 9 heteroatoms. The van der Waals surface area contributed by atoms with Gasteiger partial charge in [-0.25, -0.2) is 13.1 Å². The lowest BCUT2D eigenvalue weighted by atomic mass is 10.2. The molecular weight excluding hydrogens is 274 g/mol. The average Bonchev–Trinajstić information content (AvgIpc) is 2.84. The Morgan fingerprint density at radius 2 is 2.26 bits per heavy atom. The van der Waals surface area contributed by atoms with E-state index in [1.165, 1.54) is 11.0 Å². The number of aromatic nitrogens is 1. The Hall–Kier alpha value is -1.45. The molecule has 2 atom stereocenters. The number of hydrogen-bond acceptors (Lipinski definition) is 6. The van der Waals surface area contributed by atoms with E-state index in [2.05, 4.69) is 9.88 Å². The molecule has 1 saturated heterocycles. The summed E-state index contributed by atoms with van der Waals surface area (Å²) in [6, 6.07) is 0.790. The molecule has 0 spiro atoms. The van der Waals surface area contributed by atoms with E-state index in [9.17, 15) is 18.3 Å². The molecule has 2 rings (SSSR count). The number of likely N-dealkylation sites (tertiary alicyclic amines) is 1. The van der Waals surface area contributed by atoms with Gasteiger partial charge in [0, 0.05) is 19.2 Å². The fourth-order valence-electron chi connectivity index (χ4n) is 1.97. The van der Waals surface area contributed by atoms with Gasteiger partial charge in [-0.05, 0) is 6.92 Å². The van der Waals surface area contributed by atoms with Crippen molar-refractivity contribution in [2.75, 3.05) is 19.3 Å². The largest absolute Gasteiger partial charge is 0.390 e. The molecule has 0 bridgehead atoms. The lowest BCUT2D eigenvalue weighted by Gasteiger charge is -2.14. The molecule has 1 aliphatic rings. The van der Waals surface area contributed by atoms with Gasteiger partial charge >= 0.3 is 0 Å². The molecule has 0 aliphatic carbocycles. The molecule has 1 amide bonds. The molecule has 1 aromatic rings. The average molecular weight is 289 g/mol. The van der Waals surface area contributed by atoms with Crippen molar-refractivity contribution >= 4 is 15.9 Å². The number of amides is 1. The van der Waals surface area contributed by atoms with Gasteiger partial charge in [-0.3, -0.25) is 4.79 Å². The molecule has 1 fully saturated rings. The van der Waals surface area contributed by atoms with Gasteiger partial charge in [-0.2, -0.15) is 0 Å². The topological polar surface area (TPSA) is 113 Å². The number of β-amino-alcohol motifs (C(OH)–C–C–N with tert-alkyl or cyclic N) is 1. The van der Waals surface area contributed by atoms with Crippen LogP contribution in [0, 0.1) is 6.92 Å². The van der Waals surface area contributed by atoms with Crippen molar-refractivity contribution in [3.05, 3.63) is 17.5 Å². The van der Waals surface area contributed by atoms with Crippen LogP contribution >= 0.6 is 0 Å². The minimum Gasteiger partial charge on any atom is -0.390 e. The van der Waals surface area contributed by atoms with E-state index >= 15 is 0 Å². The van der Waals surface area contributed by atoms with Crippen molar-refractivity contribution < 1.29 is 22.8 Å². The first kappa shape index (κ1) is 14.0. The van der Waals surface area contributed by atoms with Crippen LogP contribution in [0.15, 0.2) is 10.6 Å². The molecule has 2 N–H and O–H groups in total. The molecule has 1 aromatic heterocycles. The van der Waals surface area contributed by atoms with Crippen LogP contribution in [0.3, 0.4) is 0 Å². The van der Waals surface area contributed by atoms with E-state index in [1.807, 2.05) is 0 Å². The van der Waals surface area contributed by atoms with E-state index in [0.717, 1.165) is 6.26 Å². The molecule has 0 unspecified atom stereocenters. The summed E-state index contributed by atoms with van der Waals surface area (Å²) < 4.78 is 29.4. The normalized spacial score (nSPS) is 23.8. The second-order valence-electron chi connectivity index (χ2n) is 4.60. The highest BCUT2D eigenvalue weighted by atomic mass is 32.2. The van der Waals surface area contributed by atoms with Gasteiger partial charge < -0.3 is 14.5 Å². The van der Waals surface area contributed by atoms with Crippen LogP contribution in [0.2, 0.25) is 0 Å². The van der Waals surface area contributed by atoms with Gasteiger partial charge in [-0.15, -0.1) is 0 Å². The molecule has 19 heavy (non-hydrogen) atoms. The number of aliphatic hydroxyl groups excluding tert-OH is 1. The Bertz CT molecular complexity index is 582. The van der Waals surface area contributed by atoms with Gasteiger partial charge in [0.05, 0.1) is 18.4 Å². The maximum atomic E-state index is 12.0. The van der Waals surface area contributed by atoms with Crippen LogP contribution in [0.25, 0.3) is 0 Å². The van der Waals surface area contributed by atoms with Crippen LogP contribution in [0.5, 0.6) is 0 Å². The van der Waals surface area contributed by atoms with Gasteiger partial charge in [-0.1, -0.05) is 5.16 Å². The molecule has 0 saturated carbocycles. The second kappa shape index (κ2) is 4.91. The number of hydrogen-bond donors (Lipinski definition) is 2. The van der Waals surface area contributed by atoms with Crippen LogP contribution in [0.1, 0.15) is 16.2 Å². The molecular formula is C10H15N3O5S. The molecule has 0 aromatic carbocycles. The highest BCUT2D eigenvalue weighted by Gasteiger charge is 2.36. The van der Waals surface area contributed by atoms with Crippen LogP contribution in [0.4, 0.5) is 0 Å². The Kier molecular flexibility index (Phi) is 3.61. The minimum absolute atomic E-state index is 0.0535. The van der Waals surface area contributed by atoms with E-state index in [-0.39, 0.29) is 18.8 Å². The molecule has 0 radical (unpaired) electrons. The number of rotatable bonds is 3. The Balaban J connectivity index is 2.06. The standard InChI is InChI=1S/C10H15N3O5S/c1-6-3-7(11-18-6)10(15)13-4-8(9(14)5-13)12-19(2,16)17/h3,8-9,12,14H,4-5H2,1-2H3/t8-,9-/m1/s1. The molecule has 2 heterocycles. The van der Waals surface area contributed by atoms with Crippen molar-refractivity contribution in [2.24, 2.45) is 0 Å². The van der Waals surface area contributed by atoms with Gasteiger partial charge in [0.25, 0.3) is 5.91 Å². The lowest BCUT2D eigenvalue weighted by molar-refractivity contribution is 0.0754. The van der Waals surface area contributed by atoms with Crippen LogP contribution < -0.4 is 4.72 Å². The fraction of sp³-hybridized carbons (Fsp3) is 0.600. The first-order chi connectivity index (χ1) is 8.76. The monoisotopic (exact) mass is 289 g/mol. The number of aryl methyl sites for hydroxylation is 1. The highest BCUT2D eigenvalue weighted by molar-refractivity contribution is 7.88. The SMILES string of the molecule is Cc1cc(C(=O)N2C[C@@H](O)[C@H](NS(C)(=O)=O)C2)no1. The minimum atomic E-state index is -3.43. The van der Waals surface area contributed by atoms with Gasteiger partial charge in [0.2, 0.25) is 10.0 Å². The van der Waals surface area contributed by atoms with Gasteiger partial charge in [0.1, 0.15) is 5.76 Å². The van der Waals surface area contributed by atoms with Gasteiger partial charge in [0.15, 0.2) is 5.69 Å². The van der Waals surface area contributed by atoms with Crippen molar-refractivity contribution in [3.8, 4) is 0 Å². The van der Waals surface area contributed by atoms with E-state index < -0.39 is 28.1 Å². The van der Waals surface area contributed by atoms with Crippen molar-refractivity contribution in [1.82, 2.24) is 14.8 Å². The summed E-state index contributed by atoms with van der Waals surface area (Å²) in [5.41, 5.74) is 0.143.